The maximum atomic E-state index is 13.4. The number of ether oxygens (including phenoxy) is 1. The number of amides is 3. The molecule has 2 saturated heterocycles. The number of urea groups is 1. The van der Waals surface area contributed by atoms with Crippen LogP contribution in [0.4, 0.5) is 10.5 Å². The van der Waals surface area contributed by atoms with Gasteiger partial charge in [0.1, 0.15) is 11.8 Å². The molecule has 0 aliphatic carbocycles. The highest BCUT2D eigenvalue weighted by atomic mass is 35.5. The maximum absolute atomic E-state index is 13.4. The summed E-state index contributed by atoms with van der Waals surface area (Å²) in [6.45, 7) is 0.546. The average Bonchev–Trinajstić information content (AvgIpc) is 2.78. The summed E-state index contributed by atoms with van der Waals surface area (Å²) in [4.78, 5) is 31.8. The summed E-state index contributed by atoms with van der Waals surface area (Å²) in [5, 5.41) is 8.61. The second kappa shape index (κ2) is 7.83. The lowest BCUT2D eigenvalue weighted by molar-refractivity contribution is -0.121. The molecule has 31 heavy (non-hydrogen) atoms. The number of piperidine rings is 1. The van der Waals surface area contributed by atoms with Gasteiger partial charge in [-0.15, -0.1) is 0 Å². The van der Waals surface area contributed by atoms with Crippen LogP contribution in [0.25, 0.3) is 10.8 Å². The van der Waals surface area contributed by atoms with Crippen LogP contribution >= 0.6 is 11.6 Å². The third-order valence-electron chi connectivity index (χ3n) is 6.05. The Hall–Kier alpha value is -3.16. The van der Waals surface area contributed by atoms with Crippen LogP contribution in [0.15, 0.2) is 54.9 Å². The van der Waals surface area contributed by atoms with Crippen LogP contribution in [0.2, 0.25) is 5.02 Å². The Bertz CT molecular complexity index is 1180. The molecule has 0 bridgehead atoms. The van der Waals surface area contributed by atoms with Crippen LogP contribution < -0.4 is 20.3 Å². The van der Waals surface area contributed by atoms with Gasteiger partial charge in [0.15, 0.2) is 0 Å². The Kier molecular flexibility index (Phi) is 5.00. The number of hydrogen-bond donors (Lipinski definition) is 2. The summed E-state index contributed by atoms with van der Waals surface area (Å²) in [6, 6.07) is 11.8. The van der Waals surface area contributed by atoms with E-state index in [1.165, 1.54) is 4.90 Å². The van der Waals surface area contributed by atoms with Crippen molar-refractivity contribution in [2.24, 2.45) is 0 Å². The number of carbonyl (C=O) groups excluding carboxylic acids is 2. The van der Waals surface area contributed by atoms with Crippen molar-refractivity contribution in [1.82, 2.24) is 15.6 Å². The lowest BCUT2D eigenvalue weighted by Crippen LogP contribution is -2.69. The molecule has 2 aliphatic heterocycles. The zero-order valence-corrected chi connectivity index (χ0v) is 17.6. The van der Waals surface area contributed by atoms with E-state index in [1.54, 1.807) is 19.5 Å². The van der Waals surface area contributed by atoms with E-state index in [9.17, 15) is 9.59 Å². The van der Waals surface area contributed by atoms with E-state index < -0.39 is 12.1 Å². The minimum Gasteiger partial charge on any atom is -0.496 e. The van der Waals surface area contributed by atoms with Gasteiger partial charge in [-0.05, 0) is 18.6 Å². The highest BCUT2D eigenvalue weighted by molar-refractivity contribution is 6.31. The molecule has 3 unspecified atom stereocenters. The normalized spacial score (nSPS) is 23.4. The van der Waals surface area contributed by atoms with Crippen LogP contribution in [0.3, 0.4) is 0 Å². The number of imide groups is 1. The number of carbonyl (C=O) groups is 2. The molecule has 0 radical (unpaired) electrons. The quantitative estimate of drug-likeness (QED) is 0.656. The number of pyridine rings is 1. The van der Waals surface area contributed by atoms with Gasteiger partial charge in [0.25, 0.3) is 5.91 Å². The molecule has 1 aromatic heterocycles. The van der Waals surface area contributed by atoms with E-state index in [0.29, 0.717) is 29.4 Å². The molecule has 2 fully saturated rings. The monoisotopic (exact) mass is 436 g/mol. The van der Waals surface area contributed by atoms with Gasteiger partial charge < -0.3 is 15.4 Å². The van der Waals surface area contributed by atoms with Gasteiger partial charge in [0, 0.05) is 40.0 Å². The first-order valence-electron chi connectivity index (χ1n) is 10.1. The fourth-order valence-electron chi connectivity index (χ4n) is 4.62. The van der Waals surface area contributed by atoms with Gasteiger partial charge in [-0.3, -0.25) is 9.78 Å². The number of methoxy groups -OCH3 is 1. The molecule has 3 atom stereocenters. The Morgan fingerprint density at radius 2 is 1.97 bits per heavy atom. The molecule has 2 aliphatic rings. The van der Waals surface area contributed by atoms with Crippen molar-refractivity contribution >= 4 is 40.0 Å². The van der Waals surface area contributed by atoms with Crippen molar-refractivity contribution in [3.05, 3.63) is 65.4 Å². The van der Waals surface area contributed by atoms with E-state index in [1.807, 2.05) is 42.5 Å². The lowest BCUT2D eigenvalue weighted by Gasteiger charge is -2.43. The van der Waals surface area contributed by atoms with Crippen LogP contribution in [-0.4, -0.2) is 42.7 Å². The van der Waals surface area contributed by atoms with Crippen molar-refractivity contribution in [1.29, 1.82) is 0 Å². The van der Waals surface area contributed by atoms with E-state index in [2.05, 4.69) is 15.6 Å². The van der Waals surface area contributed by atoms with E-state index in [0.717, 1.165) is 16.3 Å². The first-order chi connectivity index (χ1) is 15.1. The average molecular weight is 437 g/mol. The van der Waals surface area contributed by atoms with Crippen molar-refractivity contribution < 1.29 is 14.3 Å². The van der Waals surface area contributed by atoms with Gasteiger partial charge >= 0.3 is 6.03 Å². The number of nitrogens with one attached hydrogen (secondary N) is 2. The first-order valence-corrected chi connectivity index (χ1v) is 10.5. The van der Waals surface area contributed by atoms with E-state index in [4.69, 9.17) is 16.3 Å². The second-order valence-electron chi connectivity index (χ2n) is 7.78. The SMILES string of the molecule is COc1cccc(Cl)c1C1CNC2C(=O)N(c3cncc4ccccc34)C(=O)NC2C1. The fraction of sp³-hybridized carbons (Fsp3) is 0.261. The Labute approximate surface area is 184 Å². The molecule has 0 spiro atoms. The fourth-order valence-corrected chi connectivity index (χ4v) is 4.94. The number of anilines is 1. The van der Waals surface area contributed by atoms with Crippen LogP contribution in [0, 0.1) is 0 Å². The molecule has 2 N–H and O–H groups in total. The molecule has 3 heterocycles. The molecule has 3 amide bonds. The number of fused-ring (bicyclic) bond motifs is 2. The van der Waals surface area contributed by atoms with Crippen molar-refractivity contribution in [3.63, 3.8) is 0 Å². The van der Waals surface area contributed by atoms with E-state index in [-0.39, 0.29) is 17.9 Å². The van der Waals surface area contributed by atoms with Gasteiger partial charge in [-0.1, -0.05) is 41.9 Å². The Balaban J connectivity index is 1.44. The minimum absolute atomic E-state index is 0.00349. The third kappa shape index (κ3) is 3.30. The molecule has 5 rings (SSSR count). The smallest absolute Gasteiger partial charge is 0.329 e. The molecule has 2 aromatic carbocycles. The molecular weight excluding hydrogens is 416 g/mol. The van der Waals surface area contributed by atoms with Gasteiger partial charge in [-0.2, -0.15) is 0 Å². The molecule has 3 aromatic rings. The second-order valence-corrected chi connectivity index (χ2v) is 8.19. The van der Waals surface area contributed by atoms with Crippen LogP contribution in [0.1, 0.15) is 17.9 Å². The van der Waals surface area contributed by atoms with Gasteiger partial charge in [0.2, 0.25) is 0 Å². The van der Waals surface area contributed by atoms with Gasteiger partial charge in [0.05, 0.1) is 25.0 Å². The van der Waals surface area contributed by atoms with Crippen molar-refractivity contribution in [2.75, 3.05) is 18.6 Å². The zero-order chi connectivity index (χ0) is 21.5. The predicted molar refractivity (Wildman–Crippen MR) is 119 cm³/mol. The summed E-state index contributed by atoms with van der Waals surface area (Å²) in [5.74, 6) is 0.426. The summed E-state index contributed by atoms with van der Waals surface area (Å²) in [7, 11) is 1.61. The van der Waals surface area contributed by atoms with Crippen molar-refractivity contribution in [2.45, 2.75) is 24.4 Å². The molecule has 158 valence electrons. The molecule has 0 saturated carbocycles. The highest BCUT2D eigenvalue weighted by Gasteiger charge is 2.46. The number of aromatic nitrogens is 1. The number of nitrogens with zero attached hydrogens (tertiary/aromatic N) is 2. The summed E-state index contributed by atoms with van der Waals surface area (Å²) in [5.41, 5.74) is 1.37. The number of benzene rings is 2. The number of hydrogen-bond acceptors (Lipinski definition) is 5. The Morgan fingerprint density at radius 3 is 2.81 bits per heavy atom. The van der Waals surface area contributed by atoms with Crippen LogP contribution in [0.5, 0.6) is 5.75 Å². The molecule has 8 heteroatoms. The molecular formula is C23H21ClN4O3. The maximum Gasteiger partial charge on any atom is 0.329 e. The molecule has 7 nitrogen and oxygen atoms in total. The van der Waals surface area contributed by atoms with E-state index >= 15 is 0 Å². The summed E-state index contributed by atoms with van der Waals surface area (Å²) in [6.07, 6.45) is 3.85. The van der Waals surface area contributed by atoms with Crippen LogP contribution in [-0.2, 0) is 4.79 Å². The first kappa shape index (κ1) is 19.8. The third-order valence-corrected chi connectivity index (χ3v) is 6.38. The zero-order valence-electron chi connectivity index (χ0n) is 16.8. The standard InChI is InChI=1S/C23H21ClN4O3/c1-31-19-8-4-7-16(24)20(19)14-9-17-21(26-11-14)22(29)28(23(30)27-17)18-12-25-10-13-5-2-3-6-15(13)18/h2-8,10,12,14,17,21,26H,9,11H2,1H3,(H,27,30). The van der Waals surface area contributed by atoms with Crippen molar-refractivity contribution in [3.8, 4) is 5.75 Å². The largest absolute Gasteiger partial charge is 0.496 e. The highest BCUT2D eigenvalue weighted by Crippen LogP contribution is 2.38. The summed E-state index contributed by atoms with van der Waals surface area (Å²) >= 11 is 6.46. The Morgan fingerprint density at radius 1 is 1.13 bits per heavy atom. The summed E-state index contributed by atoms with van der Waals surface area (Å²) < 4.78 is 5.49. The topological polar surface area (TPSA) is 83.6 Å². The number of halogens is 1. The predicted octanol–water partition coefficient (Wildman–Crippen LogP) is 3.47. The number of rotatable bonds is 3. The lowest BCUT2D eigenvalue weighted by atomic mass is 9.83. The van der Waals surface area contributed by atoms with Gasteiger partial charge in [-0.25, -0.2) is 9.69 Å². The minimum atomic E-state index is -0.526.